The molecule has 1 aromatic carbocycles. The SMILES string of the molecule is CCc1ccc(CNc2ccc(Cl)cc2C(F)(F)F)s1. The molecule has 0 saturated carbocycles. The monoisotopic (exact) mass is 319 g/mol. The van der Waals surface area contributed by atoms with Crippen molar-refractivity contribution in [2.24, 2.45) is 0 Å². The van der Waals surface area contributed by atoms with Gasteiger partial charge in [0, 0.05) is 27.0 Å². The van der Waals surface area contributed by atoms with Gasteiger partial charge in [-0.1, -0.05) is 18.5 Å². The molecule has 0 unspecified atom stereocenters. The van der Waals surface area contributed by atoms with E-state index in [1.165, 1.54) is 17.0 Å². The number of aryl methyl sites for hydroxylation is 1. The van der Waals surface area contributed by atoms with Gasteiger partial charge in [0.25, 0.3) is 0 Å². The molecule has 1 aromatic heterocycles. The molecule has 6 heteroatoms. The Bertz CT molecular complexity index is 592. The quantitative estimate of drug-likeness (QED) is 0.774. The Morgan fingerprint density at radius 2 is 1.85 bits per heavy atom. The number of rotatable bonds is 4. The van der Waals surface area contributed by atoms with Crippen LogP contribution in [0.1, 0.15) is 22.2 Å². The molecule has 1 N–H and O–H groups in total. The van der Waals surface area contributed by atoms with Crippen LogP contribution >= 0.6 is 22.9 Å². The second-order valence-corrected chi connectivity index (χ2v) is 5.95. The third-order valence-electron chi connectivity index (χ3n) is 2.81. The minimum atomic E-state index is -4.42. The number of halogens is 4. The largest absolute Gasteiger partial charge is 0.418 e. The maximum atomic E-state index is 12.9. The van der Waals surface area contributed by atoms with Crippen molar-refractivity contribution in [1.82, 2.24) is 0 Å². The van der Waals surface area contributed by atoms with Crippen LogP contribution in [0.4, 0.5) is 18.9 Å². The third-order valence-corrected chi connectivity index (χ3v) is 4.27. The highest BCUT2D eigenvalue weighted by Crippen LogP contribution is 2.36. The number of alkyl halides is 3. The molecule has 1 nitrogen and oxygen atoms in total. The first-order chi connectivity index (χ1) is 9.40. The number of nitrogens with one attached hydrogen (secondary N) is 1. The molecule has 0 spiro atoms. The van der Waals surface area contributed by atoms with Crippen molar-refractivity contribution in [3.8, 4) is 0 Å². The molecule has 0 atom stereocenters. The van der Waals surface area contributed by atoms with Crippen LogP contribution in [0.15, 0.2) is 30.3 Å². The van der Waals surface area contributed by atoms with Crippen LogP contribution in [0, 0.1) is 0 Å². The Kier molecular flexibility index (Phi) is 4.60. The van der Waals surface area contributed by atoms with Gasteiger partial charge in [-0.25, -0.2) is 0 Å². The lowest BCUT2D eigenvalue weighted by atomic mass is 10.1. The van der Waals surface area contributed by atoms with Crippen LogP contribution in [0.5, 0.6) is 0 Å². The van der Waals surface area contributed by atoms with E-state index < -0.39 is 11.7 Å². The van der Waals surface area contributed by atoms with Gasteiger partial charge in [0.05, 0.1) is 5.56 Å². The van der Waals surface area contributed by atoms with Crippen LogP contribution in [0.3, 0.4) is 0 Å². The van der Waals surface area contributed by atoms with Crippen LogP contribution in [0.2, 0.25) is 5.02 Å². The highest BCUT2D eigenvalue weighted by molar-refractivity contribution is 7.12. The highest BCUT2D eigenvalue weighted by Gasteiger charge is 2.33. The summed E-state index contributed by atoms with van der Waals surface area (Å²) in [5, 5.41) is 2.91. The van der Waals surface area contributed by atoms with Crippen LogP contribution in [-0.4, -0.2) is 0 Å². The molecule has 0 radical (unpaired) electrons. The zero-order chi connectivity index (χ0) is 14.8. The lowest BCUT2D eigenvalue weighted by Crippen LogP contribution is -2.10. The van der Waals surface area contributed by atoms with Gasteiger partial charge in [-0.05, 0) is 36.8 Å². The van der Waals surface area contributed by atoms with Crippen molar-refractivity contribution in [2.45, 2.75) is 26.1 Å². The van der Waals surface area contributed by atoms with Gasteiger partial charge in [0.1, 0.15) is 0 Å². The van der Waals surface area contributed by atoms with Crippen molar-refractivity contribution < 1.29 is 13.2 Å². The molecule has 0 aliphatic rings. The topological polar surface area (TPSA) is 12.0 Å². The fourth-order valence-electron chi connectivity index (χ4n) is 1.79. The fraction of sp³-hybridized carbons (Fsp3) is 0.286. The smallest absolute Gasteiger partial charge is 0.380 e. The molecule has 1 heterocycles. The zero-order valence-corrected chi connectivity index (χ0v) is 12.3. The lowest BCUT2D eigenvalue weighted by molar-refractivity contribution is -0.136. The van der Waals surface area contributed by atoms with Gasteiger partial charge in [0.2, 0.25) is 0 Å². The molecule has 0 bridgehead atoms. The number of hydrogen-bond donors (Lipinski definition) is 1. The summed E-state index contributed by atoms with van der Waals surface area (Å²) in [6.07, 6.45) is -3.49. The standard InChI is InChI=1S/C14H13ClF3NS/c1-2-10-4-5-11(20-10)8-19-13-6-3-9(15)7-12(13)14(16,17)18/h3-7,19H,2,8H2,1H3. The van der Waals surface area contributed by atoms with Gasteiger partial charge in [-0.15, -0.1) is 11.3 Å². The van der Waals surface area contributed by atoms with Gasteiger partial charge in [-0.3, -0.25) is 0 Å². The van der Waals surface area contributed by atoms with E-state index in [0.717, 1.165) is 17.4 Å². The zero-order valence-electron chi connectivity index (χ0n) is 10.7. The summed E-state index contributed by atoms with van der Waals surface area (Å²) in [4.78, 5) is 2.22. The van der Waals surface area contributed by atoms with Crippen molar-refractivity contribution in [3.05, 3.63) is 50.7 Å². The molecule has 0 aliphatic carbocycles. The molecule has 20 heavy (non-hydrogen) atoms. The van der Waals surface area contributed by atoms with E-state index >= 15 is 0 Å². The predicted octanol–water partition coefficient (Wildman–Crippen LogP) is 5.59. The summed E-state index contributed by atoms with van der Waals surface area (Å²) in [7, 11) is 0. The molecule has 108 valence electrons. The van der Waals surface area contributed by atoms with Gasteiger partial charge in [0.15, 0.2) is 0 Å². The molecular formula is C14H13ClF3NS. The number of thiophene rings is 1. The van der Waals surface area contributed by atoms with Crippen molar-refractivity contribution in [1.29, 1.82) is 0 Å². The van der Waals surface area contributed by atoms with Crippen molar-refractivity contribution >= 4 is 28.6 Å². The van der Waals surface area contributed by atoms with Crippen LogP contribution in [-0.2, 0) is 19.1 Å². The highest BCUT2D eigenvalue weighted by atomic mass is 35.5. The second-order valence-electron chi connectivity index (χ2n) is 4.26. The summed E-state index contributed by atoms with van der Waals surface area (Å²) in [5.41, 5.74) is -0.689. The van der Waals surface area contributed by atoms with E-state index in [-0.39, 0.29) is 10.7 Å². The normalized spacial score (nSPS) is 11.7. The summed E-state index contributed by atoms with van der Waals surface area (Å²) < 4.78 is 38.8. The summed E-state index contributed by atoms with van der Waals surface area (Å²) >= 11 is 7.24. The van der Waals surface area contributed by atoms with Gasteiger partial charge < -0.3 is 5.32 Å². The first-order valence-electron chi connectivity index (χ1n) is 6.08. The Morgan fingerprint density at radius 3 is 2.45 bits per heavy atom. The second kappa shape index (κ2) is 6.06. The van der Waals surface area contributed by atoms with E-state index in [1.807, 2.05) is 19.1 Å². The average molecular weight is 320 g/mol. The van der Waals surface area contributed by atoms with Crippen molar-refractivity contribution in [2.75, 3.05) is 5.32 Å². The predicted molar refractivity (Wildman–Crippen MR) is 77.5 cm³/mol. The average Bonchev–Trinajstić information content (AvgIpc) is 2.84. The third kappa shape index (κ3) is 3.67. The Morgan fingerprint density at radius 1 is 1.15 bits per heavy atom. The Hall–Kier alpha value is -1.20. The minimum Gasteiger partial charge on any atom is -0.380 e. The molecule has 0 amide bonds. The first-order valence-corrected chi connectivity index (χ1v) is 7.28. The van der Waals surface area contributed by atoms with E-state index in [4.69, 9.17) is 11.6 Å². The number of anilines is 1. The van der Waals surface area contributed by atoms with Gasteiger partial charge in [-0.2, -0.15) is 13.2 Å². The van der Waals surface area contributed by atoms with Crippen LogP contribution < -0.4 is 5.32 Å². The Balaban J connectivity index is 2.17. The van der Waals surface area contributed by atoms with Gasteiger partial charge >= 0.3 is 6.18 Å². The Labute approximate surface area is 124 Å². The maximum Gasteiger partial charge on any atom is 0.418 e. The number of hydrogen-bond acceptors (Lipinski definition) is 2. The molecule has 0 saturated heterocycles. The van der Waals surface area contributed by atoms with Crippen LogP contribution in [0.25, 0.3) is 0 Å². The van der Waals surface area contributed by atoms with E-state index in [2.05, 4.69) is 5.32 Å². The van der Waals surface area contributed by atoms with E-state index in [1.54, 1.807) is 11.3 Å². The lowest BCUT2D eigenvalue weighted by Gasteiger charge is -2.14. The summed E-state index contributed by atoms with van der Waals surface area (Å²) in [6, 6.07) is 7.67. The first kappa shape index (κ1) is 15.2. The fourth-order valence-corrected chi connectivity index (χ4v) is 2.86. The molecule has 2 aromatic rings. The minimum absolute atomic E-state index is 0.0494. The van der Waals surface area contributed by atoms with Crippen molar-refractivity contribution in [3.63, 3.8) is 0 Å². The number of benzene rings is 1. The van der Waals surface area contributed by atoms with E-state index in [9.17, 15) is 13.2 Å². The molecule has 0 aliphatic heterocycles. The maximum absolute atomic E-state index is 12.9. The molecule has 0 fully saturated rings. The molecular weight excluding hydrogens is 307 g/mol. The van der Waals surface area contributed by atoms with E-state index in [0.29, 0.717) is 6.54 Å². The summed E-state index contributed by atoms with van der Waals surface area (Å²) in [5.74, 6) is 0. The summed E-state index contributed by atoms with van der Waals surface area (Å²) in [6.45, 7) is 2.42. The molecule has 2 rings (SSSR count).